The van der Waals surface area contributed by atoms with Crippen molar-refractivity contribution in [1.82, 2.24) is 15.5 Å². The molecule has 2 aromatic rings. The number of carbonyl (C=O) groups excluding carboxylic acids is 4. The number of hydrogen-bond acceptors (Lipinski definition) is 5. The van der Waals surface area contributed by atoms with Gasteiger partial charge in [-0.25, -0.2) is 9.59 Å². The quantitative estimate of drug-likeness (QED) is 0.683. The van der Waals surface area contributed by atoms with Crippen LogP contribution >= 0.6 is 0 Å². The molecule has 29 heavy (non-hydrogen) atoms. The minimum Gasteiger partial charge on any atom is -0.463 e. The van der Waals surface area contributed by atoms with Crippen LogP contribution < -0.4 is 16.0 Å². The molecule has 3 N–H and O–H groups in total. The number of urea groups is 2. The Morgan fingerprint density at radius 1 is 1.10 bits per heavy atom. The fraction of sp³-hybridized carbons (Fsp3) is 0.300. The smallest absolute Gasteiger partial charge is 0.325 e. The third-order valence-electron chi connectivity index (χ3n) is 4.83. The molecule has 1 saturated heterocycles. The van der Waals surface area contributed by atoms with Crippen molar-refractivity contribution in [2.75, 3.05) is 11.9 Å². The lowest BCUT2D eigenvalue weighted by molar-refractivity contribution is -0.135. The maximum Gasteiger partial charge on any atom is 0.325 e. The fourth-order valence-electron chi connectivity index (χ4n) is 3.00. The molecule has 1 aromatic heterocycles. The second-order valence-corrected chi connectivity index (χ2v) is 7.16. The predicted molar refractivity (Wildman–Crippen MR) is 104 cm³/mol. The summed E-state index contributed by atoms with van der Waals surface area (Å²) in [6.45, 7) is 6.46. The number of furan rings is 1. The van der Waals surface area contributed by atoms with Crippen molar-refractivity contribution >= 4 is 29.6 Å². The lowest BCUT2D eigenvalue weighted by atomic mass is 9.99. The first-order valence-electron chi connectivity index (χ1n) is 8.99. The minimum atomic E-state index is -1.41. The van der Waals surface area contributed by atoms with Crippen LogP contribution in [0, 0.1) is 20.8 Å². The highest BCUT2D eigenvalue weighted by Gasteiger charge is 2.51. The highest BCUT2D eigenvalue weighted by atomic mass is 16.3. The van der Waals surface area contributed by atoms with Crippen molar-refractivity contribution in [2.24, 2.45) is 0 Å². The summed E-state index contributed by atoms with van der Waals surface area (Å²) in [6.07, 6.45) is 0. The van der Waals surface area contributed by atoms with E-state index in [1.165, 1.54) is 6.92 Å². The number of aryl methyl sites for hydroxylation is 3. The molecule has 2 heterocycles. The van der Waals surface area contributed by atoms with Gasteiger partial charge in [-0.3, -0.25) is 19.8 Å². The van der Waals surface area contributed by atoms with Crippen LogP contribution in [0.25, 0.3) is 0 Å². The summed E-state index contributed by atoms with van der Waals surface area (Å²) in [5.41, 5.74) is 1.17. The van der Waals surface area contributed by atoms with Crippen LogP contribution in [0.3, 0.4) is 0 Å². The molecule has 0 radical (unpaired) electrons. The first-order valence-corrected chi connectivity index (χ1v) is 8.99. The van der Waals surface area contributed by atoms with Crippen molar-refractivity contribution in [3.63, 3.8) is 0 Å². The topological polar surface area (TPSA) is 121 Å². The zero-order valence-electron chi connectivity index (χ0n) is 16.6. The van der Waals surface area contributed by atoms with Crippen LogP contribution in [0.4, 0.5) is 15.3 Å². The molecule has 9 nitrogen and oxygen atoms in total. The summed E-state index contributed by atoms with van der Waals surface area (Å²) < 4.78 is 5.46. The van der Waals surface area contributed by atoms with E-state index in [0.29, 0.717) is 11.4 Å². The van der Waals surface area contributed by atoms with Gasteiger partial charge in [-0.1, -0.05) is 6.07 Å². The molecule has 0 aliphatic carbocycles. The molecule has 3 rings (SSSR count). The van der Waals surface area contributed by atoms with Crippen LogP contribution in [-0.2, 0) is 15.1 Å². The lowest BCUT2D eigenvalue weighted by Gasteiger charge is -2.19. The van der Waals surface area contributed by atoms with Crippen LogP contribution in [-0.4, -0.2) is 35.3 Å². The van der Waals surface area contributed by atoms with E-state index in [1.54, 1.807) is 31.2 Å². The standard InChI is InChI=1S/C20H22N4O5/c1-11-5-7-14(9-12(11)2)21-18(27)22-16(25)10-24-17(26)20(4,23-19(24)28)15-8-6-13(3)29-15/h5-9H,10H2,1-4H3,(H,23,28)(H2,21,22,25,27)/t20-/m1/s1. The maximum absolute atomic E-state index is 12.7. The van der Waals surface area contributed by atoms with E-state index < -0.39 is 36.0 Å². The van der Waals surface area contributed by atoms with Crippen molar-refractivity contribution in [3.05, 3.63) is 53.0 Å². The monoisotopic (exact) mass is 398 g/mol. The number of imide groups is 2. The number of rotatable bonds is 4. The molecule has 0 bridgehead atoms. The number of anilines is 1. The molecule has 0 unspecified atom stereocenters. The van der Waals surface area contributed by atoms with Gasteiger partial charge < -0.3 is 15.1 Å². The molecular formula is C20H22N4O5. The predicted octanol–water partition coefficient (Wildman–Crippen LogP) is 2.32. The summed E-state index contributed by atoms with van der Waals surface area (Å²) in [4.78, 5) is 50.0. The third kappa shape index (κ3) is 3.98. The number of benzene rings is 1. The van der Waals surface area contributed by atoms with Gasteiger partial charge in [0.15, 0.2) is 5.54 Å². The summed E-state index contributed by atoms with van der Waals surface area (Å²) >= 11 is 0. The Labute approximate surface area is 167 Å². The first-order chi connectivity index (χ1) is 13.6. The van der Waals surface area contributed by atoms with Crippen LogP contribution in [0.5, 0.6) is 0 Å². The average Bonchev–Trinajstić information content (AvgIpc) is 3.16. The Bertz CT molecular complexity index is 1010. The number of amides is 6. The Kier molecular flexibility index (Phi) is 5.15. The molecule has 1 aliphatic heterocycles. The maximum atomic E-state index is 12.7. The summed E-state index contributed by atoms with van der Waals surface area (Å²) in [6, 6.07) is 7.09. The third-order valence-corrected chi connectivity index (χ3v) is 4.83. The van der Waals surface area contributed by atoms with Gasteiger partial charge in [0.1, 0.15) is 18.1 Å². The molecule has 0 spiro atoms. The average molecular weight is 398 g/mol. The van der Waals surface area contributed by atoms with E-state index in [0.717, 1.165) is 16.0 Å². The fourth-order valence-corrected chi connectivity index (χ4v) is 3.00. The van der Waals surface area contributed by atoms with Gasteiger partial charge >= 0.3 is 12.1 Å². The van der Waals surface area contributed by atoms with E-state index in [-0.39, 0.29) is 5.76 Å². The normalized spacial score (nSPS) is 18.6. The van der Waals surface area contributed by atoms with Crippen LogP contribution in [0.15, 0.2) is 34.7 Å². The van der Waals surface area contributed by atoms with Gasteiger partial charge in [0, 0.05) is 5.69 Å². The number of nitrogens with one attached hydrogen (secondary N) is 3. The second kappa shape index (κ2) is 7.42. The van der Waals surface area contributed by atoms with E-state index in [4.69, 9.17) is 4.42 Å². The van der Waals surface area contributed by atoms with Gasteiger partial charge in [-0.2, -0.15) is 0 Å². The molecule has 1 fully saturated rings. The molecule has 1 aliphatic rings. The summed E-state index contributed by atoms with van der Waals surface area (Å²) in [5, 5.41) is 7.19. The van der Waals surface area contributed by atoms with E-state index in [9.17, 15) is 19.2 Å². The Morgan fingerprint density at radius 3 is 2.45 bits per heavy atom. The minimum absolute atomic E-state index is 0.267. The highest BCUT2D eigenvalue weighted by Crippen LogP contribution is 2.29. The zero-order chi connectivity index (χ0) is 21.3. The van der Waals surface area contributed by atoms with Gasteiger partial charge in [0.25, 0.3) is 5.91 Å². The number of carbonyl (C=O) groups is 4. The summed E-state index contributed by atoms with van der Waals surface area (Å²) in [5.74, 6) is -0.581. The second-order valence-electron chi connectivity index (χ2n) is 7.16. The molecule has 9 heteroatoms. The first kappa shape index (κ1) is 20.1. The van der Waals surface area contributed by atoms with Crippen LogP contribution in [0.2, 0.25) is 0 Å². The Morgan fingerprint density at radius 2 is 1.83 bits per heavy atom. The zero-order valence-corrected chi connectivity index (χ0v) is 16.6. The molecule has 1 aromatic carbocycles. The van der Waals surface area contributed by atoms with Crippen molar-refractivity contribution in [3.8, 4) is 0 Å². The molecule has 152 valence electrons. The van der Waals surface area contributed by atoms with Crippen molar-refractivity contribution in [1.29, 1.82) is 0 Å². The Hall–Kier alpha value is -3.62. The van der Waals surface area contributed by atoms with Gasteiger partial charge in [0.2, 0.25) is 5.91 Å². The largest absolute Gasteiger partial charge is 0.463 e. The van der Waals surface area contributed by atoms with Gasteiger partial charge in [-0.05, 0) is 63.1 Å². The van der Waals surface area contributed by atoms with Crippen molar-refractivity contribution in [2.45, 2.75) is 33.2 Å². The molecule has 1 atom stereocenters. The molecule has 0 saturated carbocycles. The SMILES string of the molecule is Cc1ccc([C@@]2(C)NC(=O)N(CC(=O)NC(=O)Nc3ccc(C)c(C)c3)C2=O)o1. The lowest BCUT2D eigenvalue weighted by Crippen LogP contribution is -2.45. The summed E-state index contributed by atoms with van der Waals surface area (Å²) in [7, 11) is 0. The van der Waals surface area contributed by atoms with Gasteiger partial charge in [0.05, 0.1) is 0 Å². The molecule has 6 amide bonds. The number of nitrogens with zero attached hydrogens (tertiary/aromatic N) is 1. The highest BCUT2D eigenvalue weighted by molar-refractivity contribution is 6.10. The van der Waals surface area contributed by atoms with Crippen LogP contribution in [0.1, 0.15) is 29.6 Å². The van der Waals surface area contributed by atoms with E-state index in [2.05, 4.69) is 16.0 Å². The Balaban J connectivity index is 1.62. The van der Waals surface area contributed by atoms with E-state index in [1.807, 2.05) is 19.9 Å². The molecular weight excluding hydrogens is 376 g/mol. The van der Waals surface area contributed by atoms with Crippen molar-refractivity contribution < 1.29 is 23.6 Å². The number of hydrogen-bond donors (Lipinski definition) is 3. The van der Waals surface area contributed by atoms with Gasteiger partial charge in [-0.15, -0.1) is 0 Å². The van der Waals surface area contributed by atoms with E-state index >= 15 is 0 Å².